The zero-order valence-electron chi connectivity index (χ0n) is 6.67. The van der Waals surface area contributed by atoms with Crippen LogP contribution >= 0.6 is 11.8 Å². The van der Waals surface area contributed by atoms with Crippen molar-refractivity contribution in [2.24, 2.45) is 0 Å². The topological polar surface area (TPSA) is 23.8 Å². The van der Waals surface area contributed by atoms with E-state index in [1.807, 2.05) is 18.4 Å². The number of nitrogens with zero attached hydrogens (tertiary/aromatic N) is 1. The Bertz CT molecular complexity index is 317. The lowest BCUT2D eigenvalue weighted by Gasteiger charge is -1.99. The molecule has 12 heavy (non-hydrogen) atoms. The van der Waals surface area contributed by atoms with E-state index in [0.29, 0.717) is 4.90 Å². The van der Waals surface area contributed by atoms with Gasteiger partial charge in [0.2, 0.25) is 0 Å². The lowest BCUT2D eigenvalue weighted by molar-refractivity contribution is 0.622. The van der Waals surface area contributed by atoms with Crippen molar-refractivity contribution in [3.63, 3.8) is 0 Å². The SMILES string of the molecule is CCc1cc(F)cc(SC#N)c1. The smallest absolute Gasteiger partial charge is 0.138 e. The van der Waals surface area contributed by atoms with Crippen LogP contribution in [0.5, 0.6) is 0 Å². The predicted molar refractivity (Wildman–Crippen MR) is 47.2 cm³/mol. The second kappa shape index (κ2) is 4.13. The average molecular weight is 181 g/mol. The largest absolute Gasteiger partial charge is 0.207 e. The van der Waals surface area contributed by atoms with Crippen LogP contribution in [0.1, 0.15) is 12.5 Å². The third-order valence-corrected chi connectivity index (χ3v) is 2.07. The van der Waals surface area contributed by atoms with Crippen LogP contribution in [0.4, 0.5) is 4.39 Å². The van der Waals surface area contributed by atoms with Crippen LogP contribution in [0.25, 0.3) is 0 Å². The van der Waals surface area contributed by atoms with E-state index in [4.69, 9.17) is 5.26 Å². The maximum absolute atomic E-state index is 12.8. The van der Waals surface area contributed by atoms with Crippen molar-refractivity contribution in [2.75, 3.05) is 0 Å². The van der Waals surface area contributed by atoms with Crippen LogP contribution in [0.3, 0.4) is 0 Å². The van der Waals surface area contributed by atoms with Crippen LogP contribution in [0, 0.1) is 16.5 Å². The molecule has 0 aliphatic rings. The first-order chi connectivity index (χ1) is 5.76. The molecule has 1 aromatic rings. The van der Waals surface area contributed by atoms with E-state index in [9.17, 15) is 4.39 Å². The highest BCUT2D eigenvalue weighted by molar-refractivity contribution is 8.03. The first-order valence-corrected chi connectivity index (χ1v) is 4.43. The summed E-state index contributed by atoms with van der Waals surface area (Å²) in [7, 11) is 0. The molecule has 1 nitrogen and oxygen atoms in total. The van der Waals surface area contributed by atoms with Gasteiger partial charge in [0.25, 0.3) is 0 Å². The Morgan fingerprint density at radius 1 is 1.50 bits per heavy atom. The first kappa shape index (κ1) is 9.08. The molecule has 0 fully saturated rings. The summed E-state index contributed by atoms with van der Waals surface area (Å²) in [5.41, 5.74) is 0.924. The van der Waals surface area contributed by atoms with Gasteiger partial charge < -0.3 is 0 Å². The van der Waals surface area contributed by atoms with Crippen molar-refractivity contribution >= 4 is 11.8 Å². The van der Waals surface area contributed by atoms with Gasteiger partial charge in [-0.3, -0.25) is 0 Å². The molecule has 1 rings (SSSR count). The number of thioether (sulfide) groups is 1. The number of rotatable bonds is 2. The van der Waals surface area contributed by atoms with Crippen molar-refractivity contribution in [3.05, 3.63) is 29.6 Å². The second-order valence-electron chi connectivity index (χ2n) is 2.34. The molecule has 0 amide bonds. The molecule has 0 aromatic heterocycles. The Morgan fingerprint density at radius 2 is 2.25 bits per heavy atom. The van der Waals surface area contributed by atoms with Crippen molar-refractivity contribution in [3.8, 4) is 5.40 Å². The summed E-state index contributed by atoms with van der Waals surface area (Å²) in [6.45, 7) is 1.95. The predicted octanol–water partition coefficient (Wildman–Crippen LogP) is 2.96. The third kappa shape index (κ3) is 2.24. The molecule has 0 aliphatic heterocycles. The maximum Gasteiger partial charge on any atom is 0.138 e. The van der Waals surface area contributed by atoms with Gasteiger partial charge in [0, 0.05) is 4.90 Å². The van der Waals surface area contributed by atoms with Gasteiger partial charge in [-0.25, -0.2) is 4.39 Å². The number of aryl methyl sites for hydroxylation is 1. The number of hydrogen-bond donors (Lipinski definition) is 0. The lowest BCUT2D eigenvalue weighted by Crippen LogP contribution is -1.83. The van der Waals surface area contributed by atoms with Crippen molar-refractivity contribution in [2.45, 2.75) is 18.2 Å². The molecule has 0 N–H and O–H groups in total. The number of thiocyanates is 1. The van der Waals surface area contributed by atoms with Crippen LogP contribution in [0.2, 0.25) is 0 Å². The molecule has 62 valence electrons. The Hall–Kier alpha value is -1.01. The molecule has 0 aliphatic carbocycles. The Labute approximate surface area is 75.2 Å². The molecule has 0 saturated carbocycles. The standard InChI is InChI=1S/C9H8FNS/c1-2-7-3-8(10)5-9(4-7)12-6-11/h3-5H,2H2,1H3. The van der Waals surface area contributed by atoms with Crippen LogP contribution < -0.4 is 0 Å². The Balaban J connectivity index is 2.99. The fourth-order valence-corrected chi connectivity index (χ4v) is 1.42. The highest BCUT2D eigenvalue weighted by Gasteiger charge is 1.99. The maximum atomic E-state index is 12.8. The zero-order chi connectivity index (χ0) is 8.97. The average Bonchev–Trinajstić information content (AvgIpc) is 2.04. The molecule has 0 heterocycles. The van der Waals surface area contributed by atoms with E-state index in [1.165, 1.54) is 12.1 Å². The molecular formula is C9H8FNS. The van der Waals surface area contributed by atoms with E-state index >= 15 is 0 Å². The van der Waals surface area contributed by atoms with E-state index in [1.54, 1.807) is 0 Å². The van der Waals surface area contributed by atoms with E-state index in [-0.39, 0.29) is 5.82 Å². The summed E-state index contributed by atoms with van der Waals surface area (Å²) >= 11 is 0.985. The van der Waals surface area contributed by atoms with E-state index in [0.717, 1.165) is 23.7 Å². The number of hydrogen-bond acceptors (Lipinski definition) is 2. The van der Waals surface area contributed by atoms with Crippen LogP contribution in [-0.2, 0) is 6.42 Å². The lowest BCUT2D eigenvalue weighted by atomic mass is 10.2. The molecule has 3 heteroatoms. The van der Waals surface area contributed by atoms with Crippen LogP contribution in [0.15, 0.2) is 23.1 Å². The van der Waals surface area contributed by atoms with Gasteiger partial charge in [-0.1, -0.05) is 6.92 Å². The second-order valence-corrected chi connectivity index (χ2v) is 3.20. The van der Waals surface area contributed by atoms with Gasteiger partial charge in [0.1, 0.15) is 11.2 Å². The molecule has 0 radical (unpaired) electrons. The summed E-state index contributed by atoms with van der Waals surface area (Å²) in [6.07, 6.45) is 0.788. The summed E-state index contributed by atoms with van der Waals surface area (Å²) in [5.74, 6) is -0.271. The molecule has 1 aromatic carbocycles. The molecule has 0 atom stereocenters. The highest BCUT2D eigenvalue weighted by Crippen LogP contribution is 2.19. The van der Waals surface area contributed by atoms with Gasteiger partial charge in [0.15, 0.2) is 0 Å². The minimum atomic E-state index is -0.271. The molecule has 0 spiro atoms. The van der Waals surface area contributed by atoms with Gasteiger partial charge in [-0.15, -0.1) is 0 Å². The van der Waals surface area contributed by atoms with E-state index in [2.05, 4.69) is 0 Å². The fraction of sp³-hybridized carbons (Fsp3) is 0.222. The van der Waals surface area contributed by atoms with Gasteiger partial charge in [-0.2, -0.15) is 5.26 Å². The molecule has 0 saturated heterocycles. The van der Waals surface area contributed by atoms with Crippen molar-refractivity contribution in [1.82, 2.24) is 0 Å². The molecule has 0 unspecified atom stereocenters. The van der Waals surface area contributed by atoms with Crippen molar-refractivity contribution < 1.29 is 4.39 Å². The van der Waals surface area contributed by atoms with Crippen molar-refractivity contribution in [1.29, 1.82) is 5.26 Å². The summed E-state index contributed by atoms with van der Waals surface area (Å²) in [4.78, 5) is 0.675. The van der Waals surface area contributed by atoms with Gasteiger partial charge in [0.05, 0.1) is 0 Å². The van der Waals surface area contributed by atoms with E-state index < -0.39 is 0 Å². The summed E-state index contributed by atoms with van der Waals surface area (Å²) in [5, 5.41) is 10.3. The minimum absolute atomic E-state index is 0.271. The summed E-state index contributed by atoms with van der Waals surface area (Å²) < 4.78 is 12.8. The monoisotopic (exact) mass is 181 g/mol. The fourth-order valence-electron chi connectivity index (χ4n) is 0.936. The van der Waals surface area contributed by atoms with Gasteiger partial charge in [-0.05, 0) is 41.9 Å². The van der Waals surface area contributed by atoms with Crippen LogP contribution in [-0.4, -0.2) is 0 Å². The molecular weight excluding hydrogens is 173 g/mol. The molecule has 0 bridgehead atoms. The Morgan fingerprint density at radius 3 is 2.83 bits per heavy atom. The number of benzene rings is 1. The quantitative estimate of drug-likeness (QED) is 0.517. The summed E-state index contributed by atoms with van der Waals surface area (Å²) in [6, 6.07) is 4.69. The Kier molecular flexibility index (Phi) is 3.12. The minimum Gasteiger partial charge on any atom is -0.207 e. The number of nitriles is 1. The zero-order valence-corrected chi connectivity index (χ0v) is 7.49. The first-order valence-electron chi connectivity index (χ1n) is 3.61. The van der Waals surface area contributed by atoms with Gasteiger partial charge >= 0.3 is 0 Å². The normalized spacial score (nSPS) is 9.42. The number of halogens is 1. The third-order valence-electron chi connectivity index (χ3n) is 1.50. The highest BCUT2D eigenvalue weighted by atomic mass is 32.2.